The van der Waals surface area contributed by atoms with Crippen molar-refractivity contribution in [3.8, 4) is 0 Å². The van der Waals surface area contributed by atoms with Crippen LogP contribution in [-0.2, 0) is 19.2 Å². The molecular formula is C11H19N3O6. The summed E-state index contributed by atoms with van der Waals surface area (Å²) >= 11 is 0. The van der Waals surface area contributed by atoms with Gasteiger partial charge in [0.25, 0.3) is 0 Å². The highest BCUT2D eigenvalue weighted by Crippen LogP contribution is 2.01. The van der Waals surface area contributed by atoms with Crippen molar-refractivity contribution >= 4 is 23.8 Å². The van der Waals surface area contributed by atoms with Crippen LogP contribution in [0.2, 0.25) is 0 Å². The number of amides is 2. The number of hydrogen-bond donors (Lipinski definition) is 5. The third-order valence-electron chi connectivity index (χ3n) is 2.62. The molecule has 114 valence electrons. The quantitative estimate of drug-likeness (QED) is 0.319. The number of primary amides is 1. The van der Waals surface area contributed by atoms with E-state index in [0.29, 0.717) is 0 Å². The zero-order chi connectivity index (χ0) is 15.7. The second-order valence-electron chi connectivity index (χ2n) is 4.17. The Morgan fingerprint density at radius 2 is 1.45 bits per heavy atom. The van der Waals surface area contributed by atoms with Gasteiger partial charge in [-0.2, -0.15) is 0 Å². The summed E-state index contributed by atoms with van der Waals surface area (Å²) in [4.78, 5) is 43.8. The Morgan fingerprint density at radius 1 is 1.00 bits per heavy atom. The maximum absolute atomic E-state index is 11.8. The van der Waals surface area contributed by atoms with E-state index in [1.54, 1.807) is 0 Å². The van der Waals surface area contributed by atoms with Gasteiger partial charge in [0.2, 0.25) is 11.8 Å². The fourth-order valence-electron chi connectivity index (χ4n) is 1.50. The lowest BCUT2D eigenvalue weighted by molar-refractivity contribution is -0.139. The van der Waals surface area contributed by atoms with Crippen LogP contribution in [0.4, 0.5) is 0 Å². The van der Waals surface area contributed by atoms with E-state index in [-0.39, 0.29) is 25.7 Å². The summed E-state index contributed by atoms with van der Waals surface area (Å²) < 4.78 is 0. The lowest BCUT2D eigenvalue weighted by Gasteiger charge is -2.19. The third-order valence-corrected chi connectivity index (χ3v) is 2.62. The Labute approximate surface area is 115 Å². The molecule has 2 amide bonds. The Hall–Kier alpha value is -2.16. The Kier molecular flexibility index (Phi) is 7.90. The van der Waals surface area contributed by atoms with Crippen LogP contribution >= 0.6 is 0 Å². The van der Waals surface area contributed by atoms with E-state index in [1.165, 1.54) is 7.05 Å². The molecular weight excluding hydrogens is 270 g/mol. The van der Waals surface area contributed by atoms with Crippen molar-refractivity contribution in [3.05, 3.63) is 0 Å². The zero-order valence-corrected chi connectivity index (χ0v) is 11.1. The van der Waals surface area contributed by atoms with Gasteiger partial charge in [-0.3, -0.25) is 19.2 Å². The molecule has 9 nitrogen and oxygen atoms in total. The maximum Gasteiger partial charge on any atom is 0.303 e. The first-order valence-electron chi connectivity index (χ1n) is 5.98. The molecule has 0 bridgehead atoms. The highest BCUT2D eigenvalue weighted by molar-refractivity contribution is 5.89. The molecule has 0 spiro atoms. The van der Waals surface area contributed by atoms with Crippen molar-refractivity contribution in [2.45, 2.75) is 37.8 Å². The summed E-state index contributed by atoms with van der Waals surface area (Å²) in [7, 11) is 1.47. The van der Waals surface area contributed by atoms with Crippen LogP contribution in [0.25, 0.3) is 0 Å². The first-order valence-corrected chi connectivity index (χ1v) is 5.98. The highest BCUT2D eigenvalue weighted by Gasteiger charge is 2.24. The number of rotatable bonds is 10. The first-order chi connectivity index (χ1) is 9.27. The second kappa shape index (κ2) is 8.86. The number of likely N-dealkylation sites (N-methyl/N-ethyl adjacent to an activating group) is 1. The SMILES string of the molecule is CN[C@@H](CCC(=O)O)C(=O)N[C@@H](CCC(=O)O)C(N)=O. The zero-order valence-electron chi connectivity index (χ0n) is 11.1. The Morgan fingerprint density at radius 3 is 1.80 bits per heavy atom. The Bertz CT molecular complexity index is 384. The van der Waals surface area contributed by atoms with Crippen LogP contribution < -0.4 is 16.4 Å². The fraction of sp³-hybridized carbons (Fsp3) is 0.636. The largest absolute Gasteiger partial charge is 0.481 e. The van der Waals surface area contributed by atoms with Gasteiger partial charge in [-0.1, -0.05) is 0 Å². The van der Waals surface area contributed by atoms with Gasteiger partial charge in [-0.25, -0.2) is 0 Å². The molecule has 0 saturated heterocycles. The molecule has 0 unspecified atom stereocenters. The van der Waals surface area contributed by atoms with Gasteiger partial charge >= 0.3 is 11.9 Å². The van der Waals surface area contributed by atoms with Crippen LogP contribution in [0.3, 0.4) is 0 Å². The van der Waals surface area contributed by atoms with E-state index in [2.05, 4.69) is 10.6 Å². The average molecular weight is 289 g/mol. The topological polar surface area (TPSA) is 159 Å². The Balaban J connectivity index is 4.51. The predicted molar refractivity (Wildman–Crippen MR) is 67.7 cm³/mol. The standard InChI is InChI=1S/C11H19N3O6/c1-13-7(3-5-9(17)18)11(20)14-6(10(12)19)2-4-8(15)16/h6-7,13H,2-5H2,1H3,(H2,12,19)(H,14,20)(H,15,16)(H,17,18)/t6-,7-/m0/s1. The number of nitrogens with two attached hydrogens (primary N) is 1. The minimum Gasteiger partial charge on any atom is -0.481 e. The molecule has 0 aliphatic rings. The molecule has 2 atom stereocenters. The summed E-state index contributed by atoms with van der Waals surface area (Å²) in [6, 6.07) is -1.89. The first kappa shape index (κ1) is 17.8. The van der Waals surface area contributed by atoms with Gasteiger partial charge < -0.3 is 26.6 Å². The molecule has 0 heterocycles. The number of hydrogen-bond acceptors (Lipinski definition) is 5. The summed E-state index contributed by atoms with van der Waals surface area (Å²) in [6.45, 7) is 0. The normalized spacial score (nSPS) is 13.2. The van der Waals surface area contributed by atoms with Crippen molar-refractivity contribution in [1.29, 1.82) is 0 Å². The predicted octanol–water partition coefficient (Wildman–Crippen LogP) is -1.73. The molecule has 0 saturated carbocycles. The van der Waals surface area contributed by atoms with Gasteiger partial charge in [-0.15, -0.1) is 0 Å². The summed E-state index contributed by atoms with van der Waals surface area (Å²) in [5.74, 6) is -3.59. The minimum absolute atomic E-state index is 0.0437. The third kappa shape index (κ3) is 7.31. The number of carbonyl (C=O) groups excluding carboxylic acids is 2. The smallest absolute Gasteiger partial charge is 0.303 e. The molecule has 6 N–H and O–H groups in total. The summed E-state index contributed by atoms with van der Waals surface area (Å²) in [5.41, 5.74) is 5.07. The van der Waals surface area contributed by atoms with Crippen molar-refractivity contribution < 1.29 is 29.4 Å². The molecule has 0 aromatic carbocycles. The molecule has 0 radical (unpaired) electrons. The van der Waals surface area contributed by atoms with Crippen LogP contribution in [0.1, 0.15) is 25.7 Å². The molecule has 0 rings (SSSR count). The second-order valence-corrected chi connectivity index (χ2v) is 4.17. The molecule has 0 aromatic heterocycles. The van der Waals surface area contributed by atoms with Gasteiger partial charge in [0.05, 0.1) is 6.04 Å². The number of aliphatic carboxylic acids is 2. The van der Waals surface area contributed by atoms with E-state index in [0.717, 1.165) is 0 Å². The van der Waals surface area contributed by atoms with Crippen molar-refractivity contribution in [2.75, 3.05) is 7.05 Å². The summed E-state index contributed by atoms with van der Waals surface area (Å²) in [5, 5.41) is 22.0. The lowest BCUT2D eigenvalue weighted by atomic mass is 10.1. The molecule has 0 aliphatic carbocycles. The number of nitrogens with one attached hydrogen (secondary N) is 2. The molecule has 0 fully saturated rings. The van der Waals surface area contributed by atoms with Gasteiger partial charge in [0, 0.05) is 12.8 Å². The monoisotopic (exact) mass is 289 g/mol. The van der Waals surface area contributed by atoms with Crippen LogP contribution in [-0.4, -0.2) is 53.1 Å². The number of carboxylic acid groups (broad SMARTS) is 2. The van der Waals surface area contributed by atoms with E-state index in [4.69, 9.17) is 15.9 Å². The molecule has 0 aliphatic heterocycles. The van der Waals surface area contributed by atoms with E-state index < -0.39 is 35.8 Å². The van der Waals surface area contributed by atoms with Crippen LogP contribution in [0, 0.1) is 0 Å². The van der Waals surface area contributed by atoms with Crippen LogP contribution in [0.15, 0.2) is 0 Å². The number of carboxylic acids is 2. The van der Waals surface area contributed by atoms with Crippen molar-refractivity contribution in [1.82, 2.24) is 10.6 Å². The summed E-state index contributed by atoms with van der Waals surface area (Å²) in [6.07, 6.45) is -0.601. The minimum atomic E-state index is -1.11. The van der Waals surface area contributed by atoms with E-state index >= 15 is 0 Å². The van der Waals surface area contributed by atoms with Gasteiger partial charge in [0.15, 0.2) is 0 Å². The molecule has 0 aromatic rings. The van der Waals surface area contributed by atoms with Gasteiger partial charge in [-0.05, 0) is 19.9 Å². The van der Waals surface area contributed by atoms with Crippen LogP contribution in [0.5, 0.6) is 0 Å². The van der Waals surface area contributed by atoms with Gasteiger partial charge in [0.1, 0.15) is 6.04 Å². The maximum atomic E-state index is 11.8. The number of carbonyl (C=O) groups is 4. The average Bonchev–Trinajstić information content (AvgIpc) is 2.34. The fourth-order valence-corrected chi connectivity index (χ4v) is 1.50. The molecule has 20 heavy (non-hydrogen) atoms. The lowest BCUT2D eigenvalue weighted by Crippen LogP contribution is -2.51. The highest BCUT2D eigenvalue weighted by atomic mass is 16.4. The molecule has 9 heteroatoms. The van der Waals surface area contributed by atoms with Crippen molar-refractivity contribution in [2.24, 2.45) is 5.73 Å². The van der Waals surface area contributed by atoms with Crippen molar-refractivity contribution in [3.63, 3.8) is 0 Å². The van der Waals surface area contributed by atoms with E-state index in [9.17, 15) is 19.2 Å². The van der Waals surface area contributed by atoms with E-state index in [1.807, 2.05) is 0 Å².